The number of hydrogen-bond acceptors (Lipinski definition) is 2. The van der Waals surface area contributed by atoms with Gasteiger partial charge in [-0.25, -0.2) is 4.79 Å². The number of para-hydroxylation sites is 1. The van der Waals surface area contributed by atoms with E-state index in [1.165, 1.54) is 0 Å². The lowest BCUT2D eigenvalue weighted by molar-refractivity contribution is 0.0925. The third-order valence-corrected chi connectivity index (χ3v) is 4.69. The second-order valence-corrected chi connectivity index (χ2v) is 6.90. The van der Waals surface area contributed by atoms with Crippen LogP contribution in [0, 0.1) is 0 Å². The number of amides is 3. The highest BCUT2D eigenvalue weighted by molar-refractivity contribution is 5.98. The van der Waals surface area contributed by atoms with Crippen molar-refractivity contribution in [1.29, 1.82) is 0 Å². The average Bonchev–Trinajstić information content (AvgIpc) is 3.08. The highest BCUT2D eigenvalue weighted by Gasteiger charge is 2.25. The summed E-state index contributed by atoms with van der Waals surface area (Å²) in [4.78, 5) is 28.6. The van der Waals surface area contributed by atoms with Crippen LogP contribution >= 0.6 is 0 Å². The molecule has 3 rings (SSSR count). The predicted octanol–water partition coefficient (Wildman–Crippen LogP) is 2.74. The largest absolute Gasteiger partial charge is 0.347 e. The third kappa shape index (κ3) is 4.07. The molecule has 6 nitrogen and oxygen atoms in total. The molecule has 1 aliphatic heterocycles. The number of urea groups is 1. The van der Waals surface area contributed by atoms with Crippen molar-refractivity contribution in [3.8, 4) is 5.69 Å². The molecule has 3 amide bonds. The monoisotopic (exact) mass is 354 g/mol. The fourth-order valence-electron chi connectivity index (χ4n) is 3.37. The van der Waals surface area contributed by atoms with Crippen molar-refractivity contribution in [3.05, 3.63) is 54.4 Å². The maximum atomic E-state index is 12.9. The van der Waals surface area contributed by atoms with E-state index in [1.54, 1.807) is 19.0 Å². The minimum atomic E-state index is -0.0987. The molecule has 1 aromatic heterocycles. The number of nitrogens with zero attached hydrogens (tertiary/aromatic N) is 3. The zero-order valence-electron chi connectivity index (χ0n) is 15.4. The molecular weight excluding hydrogens is 328 g/mol. The lowest BCUT2D eigenvalue weighted by atomic mass is 10.1. The van der Waals surface area contributed by atoms with Crippen molar-refractivity contribution in [1.82, 2.24) is 19.7 Å². The number of carbonyl (C=O) groups excluding carboxylic acids is 2. The van der Waals surface area contributed by atoms with Crippen LogP contribution in [0.4, 0.5) is 4.79 Å². The van der Waals surface area contributed by atoms with Crippen molar-refractivity contribution < 1.29 is 9.59 Å². The Bertz CT molecular complexity index is 755. The number of carbonyl (C=O) groups is 2. The highest BCUT2D eigenvalue weighted by Crippen LogP contribution is 2.17. The van der Waals surface area contributed by atoms with E-state index in [0.717, 1.165) is 31.5 Å². The van der Waals surface area contributed by atoms with Gasteiger partial charge in [-0.1, -0.05) is 12.1 Å². The molecule has 2 heterocycles. The third-order valence-electron chi connectivity index (χ3n) is 4.69. The first-order valence-corrected chi connectivity index (χ1v) is 9.05. The molecule has 0 bridgehead atoms. The van der Waals surface area contributed by atoms with Crippen molar-refractivity contribution in [2.75, 3.05) is 27.2 Å². The number of likely N-dealkylation sites (tertiary alicyclic amines) is 1. The second kappa shape index (κ2) is 8.08. The highest BCUT2D eigenvalue weighted by atomic mass is 16.2. The molecule has 1 aliphatic rings. The summed E-state index contributed by atoms with van der Waals surface area (Å²) in [6.45, 7) is 1.29. The predicted molar refractivity (Wildman–Crippen MR) is 102 cm³/mol. The minimum absolute atomic E-state index is 0.00103. The topological polar surface area (TPSA) is 57.6 Å². The van der Waals surface area contributed by atoms with Crippen LogP contribution in [0.25, 0.3) is 5.69 Å². The minimum Gasteiger partial charge on any atom is -0.347 e. The molecule has 6 heteroatoms. The molecule has 26 heavy (non-hydrogen) atoms. The van der Waals surface area contributed by atoms with Gasteiger partial charge in [0.05, 0.1) is 11.3 Å². The van der Waals surface area contributed by atoms with Crippen LogP contribution in [0.1, 0.15) is 29.6 Å². The van der Waals surface area contributed by atoms with Gasteiger partial charge in [0.15, 0.2) is 0 Å². The molecule has 0 spiro atoms. The summed E-state index contributed by atoms with van der Waals surface area (Å²) in [5, 5.41) is 3.14. The fraction of sp³-hybridized carbons (Fsp3) is 0.400. The van der Waals surface area contributed by atoms with E-state index in [-0.39, 0.29) is 18.0 Å². The molecule has 0 aliphatic carbocycles. The Labute approximate surface area is 154 Å². The van der Waals surface area contributed by atoms with Gasteiger partial charge in [0.25, 0.3) is 5.91 Å². The molecular formula is C20H26N4O2. The first kappa shape index (κ1) is 18.0. The Morgan fingerprint density at radius 2 is 1.81 bits per heavy atom. The molecule has 0 saturated carbocycles. The lowest BCUT2D eigenvalue weighted by Gasteiger charge is -2.28. The fourth-order valence-corrected chi connectivity index (χ4v) is 3.37. The van der Waals surface area contributed by atoms with Crippen LogP contribution in [-0.4, -0.2) is 59.5 Å². The summed E-state index contributed by atoms with van der Waals surface area (Å²) in [5.41, 5.74) is 1.49. The zero-order valence-corrected chi connectivity index (χ0v) is 15.4. The van der Waals surface area contributed by atoms with Crippen molar-refractivity contribution >= 4 is 11.9 Å². The number of rotatable bonds is 3. The molecule has 2 aromatic rings. The summed E-state index contributed by atoms with van der Waals surface area (Å²) in [5.74, 6) is -0.0987. The number of hydrogen-bond donors (Lipinski definition) is 1. The van der Waals surface area contributed by atoms with E-state index >= 15 is 0 Å². The van der Waals surface area contributed by atoms with Gasteiger partial charge in [0.1, 0.15) is 0 Å². The number of aromatic nitrogens is 1. The van der Waals surface area contributed by atoms with Gasteiger partial charge < -0.3 is 19.7 Å². The Hall–Kier alpha value is -2.76. The summed E-state index contributed by atoms with van der Waals surface area (Å²) in [6.07, 6.45) is 6.70. The van der Waals surface area contributed by atoms with Gasteiger partial charge in [0, 0.05) is 45.6 Å². The average molecular weight is 354 g/mol. The quantitative estimate of drug-likeness (QED) is 0.921. The SMILES string of the molecule is CN(C)C(=O)N1CCCCC(NC(=O)c2ccccc2-n2cccc2)C1. The van der Waals surface area contributed by atoms with Crippen molar-refractivity contribution in [3.63, 3.8) is 0 Å². The second-order valence-electron chi connectivity index (χ2n) is 6.90. The first-order chi connectivity index (χ1) is 12.6. The Morgan fingerprint density at radius 3 is 2.54 bits per heavy atom. The van der Waals surface area contributed by atoms with Crippen LogP contribution < -0.4 is 5.32 Å². The van der Waals surface area contributed by atoms with Gasteiger partial charge in [-0.3, -0.25) is 4.79 Å². The summed E-state index contributed by atoms with van der Waals surface area (Å²) in [6, 6.07) is 11.4. The number of benzene rings is 1. The van der Waals surface area contributed by atoms with Crippen LogP contribution in [0.15, 0.2) is 48.8 Å². The Balaban J connectivity index is 1.74. The van der Waals surface area contributed by atoms with Gasteiger partial charge in [-0.2, -0.15) is 0 Å². The van der Waals surface area contributed by atoms with Crippen molar-refractivity contribution in [2.24, 2.45) is 0 Å². The summed E-state index contributed by atoms with van der Waals surface area (Å²) < 4.78 is 1.93. The van der Waals surface area contributed by atoms with Gasteiger partial charge in [-0.15, -0.1) is 0 Å². The lowest BCUT2D eigenvalue weighted by Crippen LogP contribution is -2.47. The maximum absolute atomic E-state index is 12.9. The van der Waals surface area contributed by atoms with E-state index in [2.05, 4.69) is 5.32 Å². The Kier molecular flexibility index (Phi) is 5.61. The van der Waals surface area contributed by atoms with Crippen LogP contribution in [0.2, 0.25) is 0 Å². The molecule has 1 N–H and O–H groups in total. The molecule has 138 valence electrons. The Morgan fingerprint density at radius 1 is 1.08 bits per heavy atom. The van der Waals surface area contributed by atoms with Crippen LogP contribution in [0.3, 0.4) is 0 Å². The van der Waals surface area contributed by atoms with E-state index in [0.29, 0.717) is 12.1 Å². The molecule has 1 saturated heterocycles. The molecule has 1 aromatic carbocycles. The smallest absolute Gasteiger partial charge is 0.319 e. The van der Waals surface area contributed by atoms with E-state index in [9.17, 15) is 9.59 Å². The van der Waals surface area contributed by atoms with Gasteiger partial charge in [0.2, 0.25) is 0 Å². The maximum Gasteiger partial charge on any atom is 0.319 e. The van der Waals surface area contributed by atoms with Gasteiger partial charge in [-0.05, 0) is 43.5 Å². The molecule has 1 fully saturated rings. The van der Waals surface area contributed by atoms with E-state index < -0.39 is 0 Å². The standard InChI is InChI=1S/C20H26N4O2/c1-22(2)20(26)24-14-6-5-9-16(15-24)21-19(25)17-10-3-4-11-18(17)23-12-7-8-13-23/h3-4,7-8,10-13,16H,5-6,9,14-15H2,1-2H3,(H,21,25). The first-order valence-electron chi connectivity index (χ1n) is 9.05. The van der Waals surface area contributed by atoms with E-state index in [1.807, 2.05) is 58.3 Å². The number of nitrogens with one attached hydrogen (secondary N) is 1. The van der Waals surface area contributed by atoms with Crippen LogP contribution in [-0.2, 0) is 0 Å². The van der Waals surface area contributed by atoms with E-state index in [4.69, 9.17) is 0 Å². The normalized spacial score (nSPS) is 17.5. The molecule has 1 atom stereocenters. The van der Waals surface area contributed by atoms with Crippen molar-refractivity contribution in [2.45, 2.75) is 25.3 Å². The summed E-state index contributed by atoms with van der Waals surface area (Å²) in [7, 11) is 3.52. The molecule has 0 radical (unpaired) electrons. The van der Waals surface area contributed by atoms with Gasteiger partial charge >= 0.3 is 6.03 Å². The van der Waals surface area contributed by atoms with Crippen LogP contribution in [0.5, 0.6) is 0 Å². The zero-order chi connectivity index (χ0) is 18.5. The summed E-state index contributed by atoms with van der Waals surface area (Å²) >= 11 is 0. The molecule has 1 unspecified atom stereocenters.